The van der Waals surface area contributed by atoms with E-state index in [1.807, 2.05) is 121 Å². The number of benzene rings is 4. The summed E-state index contributed by atoms with van der Waals surface area (Å²) in [6.07, 6.45) is 1.72. The Kier molecular flexibility index (Phi) is 8.82. The van der Waals surface area contributed by atoms with Gasteiger partial charge in [0.15, 0.2) is 0 Å². The average molecular weight is 473 g/mol. The highest BCUT2D eigenvalue weighted by molar-refractivity contribution is 6.17. The maximum atomic E-state index is 12.7. The fourth-order valence-electron chi connectivity index (χ4n) is 3.89. The van der Waals surface area contributed by atoms with Crippen LogP contribution in [-0.4, -0.2) is 23.2 Å². The maximum Gasteiger partial charge on any atom is 0.246 e. The van der Waals surface area contributed by atoms with Crippen LogP contribution in [0, 0.1) is 0 Å². The molecule has 0 aliphatic heterocycles. The molecular formula is C32H28N2O2. The largest absolute Gasteiger partial charge is 0.273 e. The molecule has 4 rings (SSSR count). The number of carbonyl (C=O) groups excluding carboxylic acids is 2. The molecule has 0 saturated carbocycles. The summed E-state index contributed by atoms with van der Waals surface area (Å²) in [6.45, 7) is 0. The lowest BCUT2D eigenvalue weighted by atomic mass is 10.0. The SMILES string of the molecule is O=C(CCCCC(=O)N=C(c1ccccc1)c1ccccc1)N=C(c1ccccc1)c1ccccc1. The van der Waals surface area contributed by atoms with Gasteiger partial charge in [-0.05, 0) is 12.8 Å². The number of unbranched alkanes of at least 4 members (excludes halogenated alkanes) is 1. The summed E-state index contributed by atoms with van der Waals surface area (Å²) in [4.78, 5) is 34.2. The van der Waals surface area contributed by atoms with Gasteiger partial charge in [0.25, 0.3) is 0 Å². The first kappa shape index (κ1) is 24.7. The summed E-state index contributed by atoms with van der Waals surface area (Å²) in [5.74, 6) is -0.383. The number of nitrogens with zero attached hydrogens (tertiary/aromatic N) is 2. The van der Waals surface area contributed by atoms with Crippen molar-refractivity contribution in [2.45, 2.75) is 25.7 Å². The van der Waals surface area contributed by atoms with Crippen LogP contribution in [0.25, 0.3) is 0 Å². The number of carbonyl (C=O) groups is 2. The monoisotopic (exact) mass is 472 g/mol. The lowest BCUT2D eigenvalue weighted by Crippen LogP contribution is -2.08. The Balaban J connectivity index is 1.39. The minimum Gasteiger partial charge on any atom is -0.273 e. The highest BCUT2D eigenvalue weighted by Gasteiger charge is 2.11. The number of hydrogen-bond donors (Lipinski definition) is 0. The van der Waals surface area contributed by atoms with Crippen molar-refractivity contribution in [1.29, 1.82) is 0 Å². The molecule has 0 heterocycles. The van der Waals surface area contributed by atoms with Crippen LogP contribution in [0.2, 0.25) is 0 Å². The maximum absolute atomic E-state index is 12.7. The second-order valence-corrected chi connectivity index (χ2v) is 8.38. The number of aliphatic imine (C=N–C) groups is 2. The molecule has 0 fully saturated rings. The topological polar surface area (TPSA) is 58.9 Å². The van der Waals surface area contributed by atoms with Gasteiger partial charge >= 0.3 is 0 Å². The lowest BCUT2D eigenvalue weighted by Gasteiger charge is -2.07. The first-order valence-corrected chi connectivity index (χ1v) is 12.2. The van der Waals surface area contributed by atoms with Gasteiger partial charge in [0, 0.05) is 35.1 Å². The van der Waals surface area contributed by atoms with Crippen molar-refractivity contribution in [2.75, 3.05) is 0 Å². The van der Waals surface area contributed by atoms with E-state index in [0.29, 0.717) is 24.3 Å². The van der Waals surface area contributed by atoms with E-state index >= 15 is 0 Å². The predicted octanol–water partition coefficient (Wildman–Crippen LogP) is 6.68. The van der Waals surface area contributed by atoms with Gasteiger partial charge in [0.05, 0.1) is 11.4 Å². The van der Waals surface area contributed by atoms with E-state index in [4.69, 9.17) is 0 Å². The summed E-state index contributed by atoms with van der Waals surface area (Å²) in [5.41, 5.74) is 4.92. The van der Waals surface area contributed by atoms with Gasteiger partial charge in [-0.1, -0.05) is 121 Å². The summed E-state index contributed by atoms with van der Waals surface area (Å²) < 4.78 is 0. The molecule has 4 nitrogen and oxygen atoms in total. The van der Waals surface area contributed by atoms with Crippen molar-refractivity contribution in [3.05, 3.63) is 144 Å². The van der Waals surface area contributed by atoms with E-state index in [1.54, 1.807) is 0 Å². The van der Waals surface area contributed by atoms with E-state index in [1.165, 1.54) is 0 Å². The van der Waals surface area contributed by atoms with E-state index in [0.717, 1.165) is 22.3 Å². The highest BCUT2D eigenvalue weighted by Crippen LogP contribution is 2.14. The third kappa shape index (κ3) is 7.03. The van der Waals surface area contributed by atoms with Crippen LogP contribution in [0.3, 0.4) is 0 Å². The smallest absolute Gasteiger partial charge is 0.246 e. The Morgan fingerprint density at radius 3 is 0.917 bits per heavy atom. The Morgan fingerprint density at radius 2 is 0.667 bits per heavy atom. The van der Waals surface area contributed by atoms with Gasteiger partial charge in [0.2, 0.25) is 11.8 Å². The fraction of sp³-hybridized carbons (Fsp3) is 0.125. The van der Waals surface area contributed by atoms with Crippen LogP contribution in [-0.2, 0) is 9.59 Å². The van der Waals surface area contributed by atoms with Crippen molar-refractivity contribution in [3.8, 4) is 0 Å². The van der Waals surface area contributed by atoms with Crippen LogP contribution in [0.4, 0.5) is 0 Å². The minimum atomic E-state index is -0.192. The molecule has 0 N–H and O–H groups in total. The van der Waals surface area contributed by atoms with Gasteiger partial charge in [0.1, 0.15) is 0 Å². The third-order valence-corrected chi connectivity index (χ3v) is 5.69. The molecule has 0 unspecified atom stereocenters. The zero-order valence-electron chi connectivity index (χ0n) is 20.1. The Morgan fingerprint density at radius 1 is 0.417 bits per heavy atom. The van der Waals surface area contributed by atoms with Crippen molar-refractivity contribution < 1.29 is 9.59 Å². The summed E-state index contributed by atoms with van der Waals surface area (Å²) in [5, 5.41) is 0. The molecule has 0 radical (unpaired) electrons. The fourth-order valence-corrected chi connectivity index (χ4v) is 3.89. The second kappa shape index (κ2) is 12.9. The second-order valence-electron chi connectivity index (χ2n) is 8.38. The lowest BCUT2D eigenvalue weighted by molar-refractivity contribution is -0.119. The van der Waals surface area contributed by atoms with Crippen molar-refractivity contribution in [3.63, 3.8) is 0 Å². The summed E-state index contributed by atoms with van der Waals surface area (Å²) >= 11 is 0. The molecule has 0 spiro atoms. The molecule has 4 aromatic carbocycles. The molecular weight excluding hydrogens is 444 g/mol. The minimum absolute atomic E-state index is 0.192. The Hall–Kier alpha value is -4.44. The Bertz CT molecular complexity index is 1140. The molecule has 0 aromatic heterocycles. The predicted molar refractivity (Wildman–Crippen MR) is 146 cm³/mol. The first-order chi connectivity index (χ1) is 17.7. The molecule has 0 aliphatic rings. The van der Waals surface area contributed by atoms with Crippen molar-refractivity contribution in [1.82, 2.24) is 0 Å². The van der Waals surface area contributed by atoms with E-state index < -0.39 is 0 Å². The standard InChI is InChI=1S/C32H28N2O2/c35-29(33-31(25-15-5-1-6-16-25)26-17-7-2-8-18-26)23-13-14-24-30(36)34-32(27-19-9-3-10-20-27)28-21-11-4-12-22-28/h1-12,15-22H,13-14,23-24H2. The van der Waals surface area contributed by atoms with Crippen LogP contribution in [0.15, 0.2) is 131 Å². The number of amides is 2. The highest BCUT2D eigenvalue weighted by atomic mass is 16.1. The molecule has 0 aliphatic carbocycles. The normalized spacial score (nSPS) is 10.3. The van der Waals surface area contributed by atoms with E-state index in [2.05, 4.69) is 9.98 Å². The number of hydrogen-bond acceptors (Lipinski definition) is 2. The zero-order chi connectivity index (χ0) is 25.0. The first-order valence-electron chi connectivity index (χ1n) is 12.2. The van der Waals surface area contributed by atoms with Crippen LogP contribution in [0.5, 0.6) is 0 Å². The van der Waals surface area contributed by atoms with E-state index in [9.17, 15) is 9.59 Å². The number of rotatable bonds is 9. The van der Waals surface area contributed by atoms with Gasteiger partial charge < -0.3 is 0 Å². The van der Waals surface area contributed by atoms with Crippen LogP contribution < -0.4 is 0 Å². The van der Waals surface area contributed by atoms with Crippen molar-refractivity contribution >= 4 is 23.2 Å². The molecule has 36 heavy (non-hydrogen) atoms. The van der Waals surface area contributed by atoms with Gasteiger partial charge in [-0.2, -0.15) is 0 Å². The summed E-state index contributed by atoms with van der Waals surface area (Å²) in [7, 11) is 0. The van der Waals surface area contributed by atoms with Crippen LogP contribution >= 0.6 is 0 Å². The van der Waals surface area contributed by atoms with Gasteiger partial charge in [-0.3, -0.25) is 9.59 Å². The molecule has 4 aromatic rings. The van der Waals surface area contributed by atoms with Gasteiger partial charge in [-0.15, -0.1) is 0 Å². The quantitative estimate of drug-likeness (QED) is 0.202. The molecule has 178 valence electrons. The molecule has 0 bridgehead atoms. The average Bonchev–Trinajstić information content (AvgIpc) is 2.94. The van der Waals surface area contributed by atoms with Gasteiger partial charge in [-0.25, -0.2) is 9.98 Å². The van der Waals surface area contributed by atoms with E-state index in [-0.39, 0.29) is 24.7 Å². The molecule has 4 heteroatoms. The molecule has 0 saturated heterocycles. The molecule has 2 amide bonds. The Labute approximate surface area is 212 Å². The third-order valence-electron chi connectivity index (χ3n) is 5.69. The summed E-state index contributed by atoms with van der Waals surface area (Å²) in [6, 6.07) is 38.8. The zero-order valence-corrected chi connectivity index (χ0v) is 20.1. The van der Waals surface area contributed by atoms with Crippen molar-refractivity contribution in [2.24, 2.45) is 9.98 Å². The molecule has 0 atom stereocenters. The van der Waals surface area contributed by atoms with Crippen LogP contribution in [0.1, 0.15) is 47.9 Å².